The van der Waals surface area contributed by atoms with Gasteiger partial charge in [0, 0.05) is 12.3 Å². The molecule has 134 valence electrons. The molecule has 0 saturated carbocycles. The fourth-order valence-electron chi connectivity index (χ4n) is 3.10. The highest BCUT2D eigenvalue weighted by Crippen LogP contribution is 2.37. The Morgan fingerprint density at radius 3 is 2.85 bits per heavy atom. The minimum Gasteiger partial charge on any atom is -0.476 e. The molecule has 1 aliphatic rings. The first-order valence-corrected chi connectivity index (χ1v) is 8.75. The number of para-hydroxylation sites is 1. The van der Waals surface area contributed by atoms with Gasteiger partial charge in [-0.3, -0.25) is 9.69 Å². The highest BCUT2D eigenvalue weighted by Gasteiger charge is 2.34. The summed E-state index contributed by atoms with van der Waals surface area (Å²) in [4.78, 5) is 18.5. The number of pyridine rings is 1. The molecule has 0 N–H and O–H groups in total. The molecule has 2 aromatic heterocycles. The largest absolute Gasteiger partial charge is 0.476 e. The number of aryl methyl sites for hydroxylation is 1. The second-order valence-electron chi connectivity index (χ2n) is 6.11. The maximum absolute atomic E-state index is 14.1. The van der Waals surface area contributed by atoms with Gasteiger partial charge in [0.05, 0.1) is 28.1 Å². The van der Waals surface area contributed by atoms with Gasteiger partial charge in [-0.1, -0.05) is 6.07 Å². The first kappa shape index (κ1) is 17.0. The van der Waals surface area contributed by atoms with Gasteiger partial charge in [-0.05, 0) is 41.9 Å². The number of anilines is 1. The third-order valence-corrected chi connectivity index (χ3v) is 5.00. The first-order chi connectivity index (χ1) is 12.4. The third-order valence-electron chi connectivity index (χ3n) is 4.42. The number of amides is 1. The number of hydrogen-bond acceptors (Lipinski definition) is 3. The summed E-state index contributed by atoms with van der Waals surface area (Å²) in [5.41, 5.74) is 2.17. The van der Waals surface area contributed by atoms with Gasteiger partial charge in [-0.2, -0.15) is 0 Å². The van der Waals surface area contributed by atoms with E-state index in [1.165, 1.54) is 23.1 Å². The zero-order valence-electron chi connectivity index (χ0n) is 14.0. The molecule has 1 amide bonds. The molecule has 8 heteroatoms. The summed E-state index contributed by atoms with van der Waals surface area (Å²) in [7, 11) is 0. The Bertz CT molecular complexity index is 1050. The fraction of sp³-hybridized carbons (Fsp3) is 0.222. The SMILES string of the molecule is Cc1nc2cc(F)c(Br)cn2c1CN1C(=O)[C@H](C)Oc2c(F)cccc21. The number of carbonyl (C=O) groups is 1. The van der Waals surface area contributed by atoms with E-state index in [9.17, 15) is 13.6 Å². The van der Waals surface area contributed by atoms with Crippen LogP contribution in [-0.4, -0.2) is 21.4 Å². The van der Waals surface area contributed by atoms with Crippen molar-refractivity contribution in [2.24, 2.45) is 0 Å². The van der Waals surface area contributed by atoms with Crippen molar-refractivity contribution in [2.75, 3.05) is 4.90 Å². The van der Waals surface area contributed by atoms with Crippen molar-refractivity contribution in [2.45, 2.75) is 26.5 Å². The Hall–Kier alpha value is -2.48. The summed E-state index contributed by atoms with van der Waals surface area (Å²) >= 11 is 3.17. The number of halogens is 3. The lowest BCUT2D eigenvalue weighted by Crippen LogP contribution is -2.44. The molecule has 0 aliphatic carbocycles. The maximum Gasteiger partial charge on any atom is 0.268 e. The lowest BCUT2D eigenvalue weighted by molar-refractivity contribution is -0.125. The Morgan fingerprint density at radius 2 is 2.08 bits per heavy atom. The normalized spacial score (nSPS) is 16.7. The van der Waals surface area contributed by atoms with Gasteiger partial charge in [0.25, 0.3) is 5.91 Å². The van der Waals surface area contributed by atoms with Crippen molar-refractivity contribution < 1.29 is 18.3 Å². The molecule has 5 nitrogen and oxygen atoms in total. The summed E-state index contributed by atoms with van der Waals surface area (Å²) in [6.07, 6.45) is 0.768. The van der Waals surface area contributed by atoms with Crippen molar-refractivity contribution in [3.8, 4) is 5.75 Å². The monoisotopic (exact) mass is 421 g/mol. The molecule has 0 saturated heterocycles. The summed E-state index contributed by atoms with van der Waals surface area (Å²) in [6, 6.07) is 5.77. The number of benzene rings is 1. The summed E-state index contributed by atoms with van der Waals surface area (Å²) in [5, 5.41) is 0. The van der Waals surface area contributed by atoms with Crippen molar-refractivity contribution in [1.82, 2.24) is 9.38 Å². The molecule has 3 aromatic rings. The van der Waals surface area contributed by atoms with Crippen LogP contribution in [-0.2, 0) is 11.3 Å². The topological polar surface area (TPSA) is 46.8 Å². The van der Waals surface area contributed by atoms with Gasteiger partial charge < -0.3 is 9.14 Å². The molecular weight excluding hydrogens is 408 g/mol. The van der Waals surface area contributed by atoms with Crippen LogP contribution in [0.3, 0.4) is 0 Å². The summed E-state index contributed by atoms with van der Waals surface area (Å²) in [6.45, 7) is 3.53. The number of fused-ring (bicyclic) bond motifs is 2. The molecule has 1 aromatic carbocycles. The van der Waals surface area contributed by atoms with E-state index in [1.807, 2.05) is 0 Å². The van der Waals surface area contributed by atoms with Gasteiger partial charge in [0.15, 0.2) is 17.7 Å². The van der Waals surface area contributed by atoms with Crippen LogP contribution in [0.15, 0.2) is 34.9 Å². The van der Waals surface area contributed by atoms with Crippen molar-refractivity contribution >= 4 is 33.2 Å². The van der Waals surface area contributed by atoms with E-state index in [-0.39, 0.29) is 22.7 Å². The number of hydrogen-bond donors (Lipinski definition) is 0. The molecular formula is C18H14BrF2N3O2. The van der Waals surface area contributed by atoms with Gasteiger partial charge in [-0.15, -0.1) is 0 Å². The highest BCUT2D eigenvalue weighted by molar-refractivity contribution is 9.10. The second-order valence-corrected chi connectivity index (χ2v) is 6.97. The van der Waals surface area contributed by atoms with Gasteiger partial charge in [0.2, 0.25) is 0 Å². The van der Waals surface area contributed by atoms with Crippen LogP contribution in [0.2, 0.25) is 0 Å². The van der Waals surface area contributed by atoms with E-state index in [2.05, 4.69) is 20.9 Å². The molecule has 26 heavy (non-hydrogen) atoms. The number of ether oxygens (including phenoxy) is 1. The van der Waals surface area contributed by atoms with E-state index in [4.69, 9.17) is 4.74 Å². The van der Waals surface area contributed by atoms with Crippen LogP contribution < -0.4 is 9.64 Å². The lowest BCUT2D eigenvalue weighted by atomic mass is 10.1. The average Bonchev–Trinajstić information content (AvgIpc) is 2.88. The minimum atomic E-state index is -0.803. The Labute approximate surface area is 156 Å². The number of carbonyl (C=O) groups excluding carboxylic acids is 1. The van der Waals surface area contributed by atoms with Gasteiger partial charge >= 0.3 is 0 Å². The Kier molecular flexibility index (Phi) is 3.95. The van der Waals surface area contributed by atoms with E-state index in [0.717, 1.165) is 0 Å². The van der Waals surface area contributed by atoms with Gasteiger partial charge in [0.1, 0.15) is 11.5 Å². The molecule has 0 spiro atoms. The number of aromatic nitrogens is 2. The van der Waals surface area contributed by atoms with Gasteiger partial charge in [-0.25, -0.2) is 13.8 Å². The average molecular weight is 422 g/mol. The van der Waals surface area contributed by atoms with Crippen LogP contribution in [0.5, 0.6) is 5.75 Å². The van der Waals surface area contributed by atoms with E-state index in [1.54, 1.807) is 30.5 Å². The highest BCUT2D eigenvalue weighted by atomic mass is 79.9. The predicted molar refractivity (Wildman–Crippen MR) is 95.3 cm³/mol. The van der Waals surface area contributed by atoms with E-state index >= 15 is 0 Å². The minimum absolute atomic E-state index is 0.0540. The Balaban J connectivity index is 1.84. The molecule has 1 atom stereocenters. The maximum atomic E-state index is 14.1. The third kappa shape index (κ3) is 2.56. The molecule has 0 bridgehead atoms. The number of rotatable bonds is 2. The van der Waals surface area contributed by atoms with E-state index in [0.29, 0.717) is 22.7 Å². The summed E-state index contributed by atoms with van der Waals surface area (Å²) in [5.74, 6) is -1.17. The standard InChI is InChI=1S/C18H14BrF2N3O2/c1-9-15(23-7-11(19)13(21)6-16(23)22-9)8-24-14-5-3-4-12(20)17(14)26-10(2)18(24)25/h3-7,10H,8H2,1-2H3/t10-/m0/s1. The smallest absolute Gasteiger partial charge is 0.268 e. The number of nitrogens with zero attached hydrogens (tertiary/aromatic N) is 3. The molecule has 4 rings (SSSR count). The van der Waals surface area contributed by atoms with E-state index < -0.39 is 17.7 Å². The zero-order chi connectivity index (χ0) is 18.6. The molecule has 0 fully saturated rings. The molecule has 3 heterocycles. The predicted octanol–water partition coefficient (Wildman–Crippen LogP) is 4.00. The van der Waals surface area contributed by atoms with Crippen LogP contribution in [0.25, 0.3) is 5.65 Å². The van der Waals surface area contributed by atoms with Crippen LogP contribution in [0, 0.1) is 18.6 Å². The molecule has 0 unspecified atom stereocenters. The molecule has 0 radical (unpaired) electrons. The second kappa shape index (κ2) is 6.05. The Morgan fingerprint density at radius 1 is 1.31 bits per heavy atom. The zero-order valence-corrected chi connectivity index (χ0v) is 15.5. The lowest BCUT2D eigenvalue weighted by Gasteiger charge is -2.33. The molecule has 1 aliphatic heterocycles. The summed E-state index contributed by atoms with van der Waals surface area (Å²) < 4.78 is 35.3. The van der Waals surface area contributed by atoms with Crippen molar-refractivity contribution in [3.63, 3.8) is 0 Å². The number of imidazole rings is 1. The van der Waals surface area contributed by atoms with Crippen LogP contribution in [0.4, 0.5) is 14.5 Å². The van der Waals surface area contributed by atoms with Crippen molar-refractivity contribution in [3.05, 3.63) is 58.0 Å². The fourth-order valence-corrected chi connectivity index (χ4v) is 3.42. The quantitative estimate of drug-likeness (QED) is 0.628. The van der Waals surface area contributed by atoms with Crippen molar-refractivity contribution in [1.29, 1.82) is 0 Å². The van der Waals surface area contributed by atoms with Crippen LogP contribution in [0.1, 0.15) is 18.3 Å². The first-order valence-electron chi connectivity index (χ1n) is 7.96. The van der Waals surface area contributed by atoms with Crippen LogP contribution >= 0.6 is 15.9 Å².